The number of benzene rings is 1. The van der Waals surface area contributed by atoms with E-state index in [0.29, 0.717) is 12.0 Å². The van der Waals surface area contributed by atoms with Crippen LogP contribution in [-0.4, -0.2) is 0 Å². The average Bonchev–Trinajstić information content (AvgIpc) is 2.81. The standard InChI is InChI=1S/C17H23NS/c1-12(2)15-5-7-16(8-6-15)14(4)18-11-17-13(3)9-10-19-17/h5-10,12,14,18H,11H2,1-4H3. The predicted molar refractivity (Wildman–Crippen MR) is 84.8 cm³/mol. The molecule has 1 aromatic carbocycles. The molecule has 1 nitrogen and oxygen atoms in total. The molecular formula is C17H23NS. The Morgan fingerprint density at radius 1 is 1.00 bits per heavy atom. The third kappa shape index (κ3) is 3.68. The second-order valence-corrected chi connectivity index (χ2v) is 6.45. The van der Waals surface area contributed by atoms with Crippen LogP contribution >= 0.6 is 11.3 Å². The van der Waals surface area contributed by atoms with Crippen molar-refractivity contribution in [1.29, 1.82) is 0 Å². The zero-order chi connectivity index (χ0) is 13.8. The fourth-order valence-corrected chi connectivity index (χ4v) is 2.98. The Balaban J connectivity index is 1.96. The van der Waals surface area contributed by atoms with E-state index in [1.165, 1.54) is 21.6 Å². The Morgan fingerprint density at radius 2 is 1.63 bits per heavy atom. The van der Waals surface area contributed by atoms with Gasteiger partial charge in [-0.1, -0.05) is 38.1 Å². The van der Waals surface area contributed by atoms with Crippen LogP contribution in [0.1, 0.15) is 54.3 Å². The monoisotopic (exact) mass is 273 g/mol. The molecule has 0 radical (unpaired) electrons. The summed E-state index contributed by atoms with van der Waals surface area (Å²) in [5, 5.41) is 5.76. The molecule has 1 heterocycles. The summed E-state index contributed by atoms with van der Waals surface area (Å²) in [6.45, 7) is 9.83. The Labute approximate surface area is 120 Å². The molecule has 0 saturated heterocycles. The van der Waals surface area contributed by atoms with Gasteiger partial charge in [-0.25, -0.2) is 0 Å². The lowest BCUT2D eigenvalue weighted by molar-refractivity contribution is 0.577. The molecular weight excluding hydrogens is 250 g/mol. The molecule has 0 amide bonds. The molecule has 2 aromatic rings. The molecule has 0 aliphatic rings. The fourth-order valence-electron chi connectivity index (χ4n) is 2.12. The maximum Gasteiger partial charge on any atom is 0.0308 e. The number of aryl methyl sites for hydroxylation is 1. The summed E-state index contributed by atoms with van der Waals surface area (Å²) in [6.07, 6.45) is 0. The third-order valence-corrected chi connectivity index (χ3v) is 4.66. The SMILES string of the molecule is Cc1ccsc1CNC(C)c1ccc(C(C)C)cc1. The first-order valence-corrected chi connectivity index (χ1v) is 7.82. The smallest absolute Gasteiger partial charge is 0.0308 e. The summed E-state index contributed by atoms with van der Waals surface area (Å²) in [6, 6.07) is 11.6. The lowest BCUT2D eigenvalue weighted by atomic mass is 9.99. The molecule has 19 heavy (non-hydrogen) atoms. The van der Waals surface area contributed by atoms with Gasteiger partial charge in [0.1, 0.15) is 0 Å². The van der Waals surface area contributed by atoms with Crippen molar-refractivity contribution < 1.29 is 0 Å². The minimum Gasteiger partial charge on any atom is -0.305 e. The van der Waals surface area contributed by atoms with Crippen LogP contribution in [0.4, 0.5) is 0 Å². The molecule has 0 aliphatic heterocycles. The molecule has 0 spiro atoms. The first-order valence-electron chi connectivity index (χ1n) is 6.94. The number of rotatable bonds is 5. The summed E-state index contributed by atoms with van der Waals surface area (Å²) in [5.74, 6) is 0.603. The third-order valence-electron chi connectivity index (χ3n) is 3.64. The van der Waals surface area contributed by atoms with Crippen LogP contribution in [0.3, 0.4) is 0 Å². The van der Waals surface area contributed by atoms with Crippen LogP contribution in [0.25, 0.3) is 0 Å². The van der Waals surface area contributed by atoms with Gasteiger partial charge in [-0.2, -0.15) is 0 Å². The Morgan fingerprint density at radius 3 is 2.16 bits per heavy atom. The number of thiophene rings is 1. The summed E-state index contributed by atoms with van der Waals surface area (Å²) in [5.41, 5.74) is 4.16. The fraction of sp³-hybridized carbons (Fsp3) is 0.412. The van der Waals surface area contributed by atoms with E-state index in [0.717, 1.165) is 6.54 Å². The van der Waals surface area contributed by atoms with Crippen molar-refractivity contribution in [3.8, 4) is 0 Å². The van der Waals surface area contributed by atoms with Gasteiger partial charge in [-0.3, -0.25) is 0 Å². The molecule has 2 rings (SSSR count). The molecule has 2 heteroatoms. The highest BCUT2D eigenvalue weighted by atomic mass is 32.1. The van der Waals surface area contributed by atoms with Gasteiger partial charge in [0, 0.05) is 17.5 Å². The van der Waals surface area contributed by atoms with Crippen molar-refractivity contribution in [3.05, 3.63) is 57.3 Å². The Hall–Kier alpha value is -1.12. The predicted octanol–water partition coefficient (Wildman–Crippen LogP) is 5.03. The molecule has 0 aliphatic carbocycles. The van der Waals surface area contributed by atoms with Crippen molar-refractivity contribution in [2.75, 3.05) is 0 Å². The van der Waals surface area contributed by atoms with Crippen LogP contribution in [-0.2, 0) is 6.54 Å². The van der Waals surface area contributed by atoms with Crippen LogP contribution < -0.4 is 5.32 Å². The lowest BCUT2D eigenvalue weighted by Gasteiger charge is -2.15. The number of hydrogen-bond donors (Lipinski definition) is 1. The van der Waals surface area contributed by atoms with E-state index < -0.39 is 0 Å². The Kier molecular flexibility index (Phi) is 4.78. The lowest BCUT2D eigenvalue weighted by Crippen LogP contribution is -2.17. The van der Waals surface area contributed by atoms with E-state index in [9.17, 15) is 0 Å². The van der Waals surface area contributed by atoms with Gasteiger partial charge in [0.2, 0.25) is 0 Å². The molecule has 1 unspecified atom stereocenters. The van der Waals surface area contributed by atoms with E-state index in [4.69, 9.17) is 0 Å². The zero-order valence-corrected chi connectivity index (χ0v) is 13.1. The first-order chi connectivity index (χ1) is 9.08. The molecule has 1 aromatic heterocycles. The molecule has 0 saturated carbocycles. The van der Waals surface area contributed by atoms with Gasteiger partial charge in [0.05, 0.1) is 0 Å². The van der Waals surface area contributed by atoms with Gasteiger partial charge in [0.25, 0.3) is 0 Å². The van der Waals surface area contributed by atoms with E-state index in [1.54, 1.807) is 0 Å². The van der Waals surface area contributed by atoms with Crippen molar-refractivity contribution >= 4 is 11.3 Å². The van der Waals surface area contributed by atoms with Crippen molar-refractivity contribution in [2.24, 2.45) is 0 Å². The molecule has 1 atom stereocenters. The summed E-state index contributed by atoms with van der Waals surface area (Å²) in [7, 11) is 0. The number of nitrogens with one attached hydrogen (secondary N) is 1. The van der Waals surface area contributed by atoms with Crippen molar-refractivity contribution in [2.45, 2.75) is 46.2 Å². The Bertz CT molecular complexity index is 510. The van der Waals surface area contributed by atoms with Crippen LogP contribution in [0.2, 0.25) is 0 Å². The summed E-state index contributed by atoms with van der Waals surface area (Å²) in [4.78, 5) is 1.44. The highest BCUT2D eigenvalue weighted by Crippen LogP contribution is 2.20. The second-order valence-electron chi connectivity index (χ2n) is 5.45. The highest BCUT2D eigenvalue weighted by Gasteiger charge is 2.07. The highest BCUT2D eigenvalue weighted by molar-refractivity contribution is 7.10. The molecule has 0 bridgehead atoms. The topological polar surface area (TPSA) is 12.0 Å². The summed E-state index contributed by atoms with van der Waals surface area (Å²) >= 11 is 1.83. The molecule has 0 fully saturated rings. The maximum absolute atomic E-state index is 3.60. The number of hydrogen-bond acceptors (Lipinski definition) is 2. The van der Waals surface area contributed by atoms with E-state index >= 15 is 0 Å². The minimum absolute atomic E-state index is 0.391. The minimum atomic E-state index is 0.391. The van der Waals surface area contributed by atoms with Crippen LogP contribution in [0.15, 0.2) is 35.7 Å². The largest absolute Gasteiger partial charge is 0.305 e. The average molecular weight is 273 g/mol. The van der Waals surface area contributed by atoms with Gasteiger partial charge >= 0.3 is 0 Å². The van der Waals surface area contributed by atoms with Gasteiger partial charge < -0.3 is 5.32 Å². The maximum atomic E-state index is 3.60. The second kappa shape index (κ2) is 6.36. The van der Waals surface area contributed by atoms with Crippen molar-refractivity contribution in [1.82, 2.24) is 5.32 Å². The van der Waals surface area contributed by atoms with Crippen LogP contribution in [0, 0.1) is 6.92 Å². The van der Waals surface area contributed by atoms with Gasteiger partial charge in [0.15, 0.2) is 0 Å². The van der Waals surface area contributed by atoms with E-state index in [-0.39, 0.29) is 0 Å². The zero-order valence-electron chi connectivity index (χ0n) is 12.2. The van der Waals surface area contributed by atoms with Crippen LogP contribution in [0.5, 0.6) is 0 Å². The van der Waals surface area contributed by atoms with Gasteiger partial charge in [-0.05, 0) is 47.9 Å². The van der Waals surface area contributed by atoms with E-state index in [1.807, 2.05) is 11.3 Å². The first kappa shape index (κ1) is 14.3. The normalized spacial score (nSPS) is 12.9. The molecule has 1 N–H and O–H groups in total. The molecule has 102 valence electrons. The van der Waals surface area contributed by atoms with Crippen molar-refractivity contribution in [3.63, 3.8) is 0 Å². The van der Waals surface area contributed by atoms with E-state index in [2.05, 4.69) is 68.7 Å². The quantitative estimate of drug-likeness (QED) is 0.805. The summed E-state index contributed by atoms with van der Waals surface area (Å²) < 4.78 is 0. The van der Waals surface area contributed by atoms with Gasteiger partial charge in [-0.15, -0.1) is 11.3 Å².